The Morgan fingerprint density at radius 1 is 1.15 bits per heavy atom. The van der Waals surface area contributed by atoms with Gasteiger partial charge in [-0.25, -0.2) is 8.78 Å². The molecular weight excluding hydrogens is 262 g/mol. The average Bonchev–Trinajstić information content (AvgIpc) is 2.45. The molecule has 2 rings (SSSR count). The Kier molecular flexibility index (Phi) is 3.98. The first kappa shape index (κ1) is 14.0. The van der Waals surface area contributed by atoms with E-state index in [1.165, 1.54) is 0 Å². The molecule has 2 aromatic rings. The van der Waals surface area contributed by atoms with Gasteiger partial charge in [0.05, 0.1) is 0 Å². The summed E-state index contributed by atoms with van der Waals surface area (Å²) in [5.74, 6) is -2.49. The highest BCUT2D eigenvalue weighted by atomic mass is 19.1. The highest BCUT2D eigenvalue weighted by Crippen LogP contribution is 2.18. The predicted octanol–water partition coefficient (Wildman–Crippen LogP) is 3.36. The molecule has 2 aromatic carbocycles. The molecule has 0 aliphatic rings. The number of carbonyl (C=O) groups excluding carboxylic acids is 1. The van der Waals surface area contributed by atoms with E-state index < -0.39 is 23.2 Å². The van der Waals surface area contributed by atoms with Crippen molar-refractivity contribution in [2.24, 2.45) is 0 Å². The Bertz CT molecular complexity index is 616. The van der Waals surface area contributed by atoms with Crippen LogP contribution in [0.25, 0.3) is 0 Å². The van der Waals surface area contributed by atoms with Gasteiger partial charge in [-0.1, -0.05) is 19.1 Å². The van der Waals surface area contributed by atoms with Crippen LogP contribution in [-0.4, -0.2) is 5.91 Å². The first-order chi connectivity index (χ1) is 9.51. The maximum Gasteiger partial charge on any atom is 0.255 e. The van der Waals surface area contributed by atoms with Gasteiger partial charge in [-0.15, -0.1) is 0 Å². The number of hydrogen-bond donors (Lipinski definition) is 2. The second-order valence-electron chi connectivity index (χ2n) is 4.36. The summed E-state index contributed by atoms with van der Waals surface area (Å²) in [6.45, 7) is 2.02. The largest absolute Gasteiger partial charge is 0.394 e. The summed E-state index contributed by atoms with van der Waals surface area (Å²) < 4.78 is 26.6. The Morgan fingerprint density at radius 2 is 1.70 bits per heavy atom. The van der Waals surface area contributed by atoms with Crippen LogP contribution < -0.4 is 11.1 Å². The van der Waals surface area contributed by atoms with Crippen LogP contribution in [0.2, 0.25) is 0 Å². The monoisotopic (exact) mass is 276 g/mol. The van der Waals surface area contributed by atoms with Crippen molar-refractivity contribution in [3.63, 3.8) is 0 Å². The zero-order chi connectivity index (χ0) is 14.7. The lowest BCUT2D eigenvalue weighted by Gasteiger charge is -2.07. The molecule has 3 N–H and O–H groups in total. The SMILES string of the molecule is CCc1ccc(NC(=O)c2cc(F)c(N)c(F)c2)cc1. The van der Waals surface area contributed by atoms with Gasteiger partial charge in [-0.3, -0.25) is 4.79 Å². The molecule has 104 valence electrons. The molecule has 0 saturated carbocycles. The summed E-state index contributed by atoms with van der Waals surface area (Å²) in [5, 5.41) is 2.57. The van der Waals surface area contributed by atoms with Gasteiger partial charge in [0.2, 0.25) is 0 Å². The van der Waals surface area contributed by atoms with Gasteiger partial charge in [-0.2, -0.15) is 0 Å². The second-order valence-corrected chi connectivity index (χ2v) is 4.36. The summed E-state index contributed by atoms with van der Waals surface area (Å²) in [7, 11) is 0. The Balaban J connectivity index is 2.19. The van der Waals surface area contributed by atoms with Gasteiger partial charge in [0.1, 0.15) is 17.3 Å². The van der Waals surface area contributed by atoms with Gasteiger partial charge < -0.3 is 11.1 Å². The third kappa shape index (κ3) is 2.93. The van der Waals surface area contributed by atoms with Crippen LogP contribution in [0.15, 0.2) is 36.4 Å². The average molecular weight is 276 g/mol. The highest BCUT2D eigenvalue weighted by molar-refractivity contribution is 6.04. The first-order valence-corrected chi connectivity index (χ1v) is 6.16. The molecule has 5 heteroatoms. The molecular formula is C15H14F2N2O. The molecule has 1 amide bonds. The van der Waals surface area contributed by atoms with Crippen molar-refractivity contribution in [3.8, 4) is 0 Å². The molecule has 0 fully saturated rings. The molecule has 0 aliphatic heterocycles. The van der Waals surface area contributed by atoms with Crippen LogP contribution in [0.1, 0.15) is 22.8 Å². The van der Waals surface area contributed by atoms with Crippen molar-refractivity contribution in [1.82, 2.24) is 0 Å². The van der Waals surface area contributed by atoms with Crippen molar-refractivity contribution in [2.45, 2.75) is 13.3 Å². The molecule has 0 unspecified atom stereocenters. The number of halogens is 2. The molecule has 0 radical (unpaired) electrons. The number of nitrogens with one attached hydrogen (secondary N) is 1. The maximum absolute atomic E-state index is 13.3. The van der Waals surface area contributed by atoms with Crippen LogP contribution in [0.5, 0.6) is 0 Å². The molecule has 0 spiro atoms. The van der Waals surface area contributed by atoms with E-state index >= 15 is 0 Å². The standard InChI is InChI=1S/C15H14F2N2O/c1-2-9-3-5-11(6-4-9)19-15(20)10-7-12(16)14(18)13(17)8-10/h3-8H,2,18H2,1H3,(H,19,20). The van der Waals surface area contributed by atoms with Gasteiger partial charge in [0, 0.05) is 11.3 Å². The second kappa shape index (κ2) is 5.69. The maximum atomic E-state index is 13.3. The fourth-order valence-corrected chi connectivity index (χ4v) is 1.74. The smallest absolute Gasteiger partial charge is 0.255 e. The van der Waals surface area contributed by atoms with Crippen LogP contribution in [0, 0.1) is 11.6 Å². The predicted molar refractivity (Wildman–Crippen MR) is 74.5 cm³/mol. The van der Waals surface area contributed by atoms with Crippen LogP contribution in [0.3, 0.4) is 0 Å². The van der Waals surface area contributed by atoms with E-state index in [1.54, 1.807) is 12.1 Å². The topological polar surface area (TPSA) is 55.1 Å². The Hall–Kier alpha value is -2.43. The summed E-state index contributed by atoms with van der Waals surface area (Å²) >= 11 is 0. The number of benzene rings is 2. The quantitative estimate of drug-likeness (QED) is 0.844. The van der Waals surface area contributed by atoms with Crippen LogP contribution in [0.4, 0.5) is 20.2 Å². The summed E-state index contributed by atoms with van der Waals surface area (Å²) in [6, 6.07) is 9.04. The van der Waals surface area contributed by atoms with E-state index in [0.29, 0.717) is 5.69 Å². The molecule has 0 heterocycles. The number of carbonyl (C=O) groups is 1. The zero-order valence-corrected chi connectivity index (χ0v) is 10.9. The van der Waals surface area contributed by atoms with Crippen molar-refractivity contribution >= 4 is 17.3 Å². The molecule has 0 atom stereocenters. The Labute approximate surface area is 115 Å². The number of nitrogens with two attached hydrogens (primary N) is 1. The van der Waals surface area contributed by atoms with Gasteiger partial charge in [-0.05, 0) is 36.2 Å². The third-order valence-electron chi connectivity index (χ3n) is 2.96. The fourth-order valence-electron chi connectivity index (χ4n) is 1.74. The summed E-state index contributed by atoms with van der Waals surface area (Å²) in [5.41, 5.74) is 6.14. The van der Waals surface area contributed by atoms with E-state index in [-0.39, 0.29) is 5.56 Å². The molecule has 20 heavy (non-hydrogen) atoms. The number of amides is 1. The number of nitrogen functional groups attached to an aromatic ring is 1. The van der Waals surface area contributed by atoms with Crippen molar-refractivity contribution < 1.29 is 13.6 Å². The van der Waals surface area contributed by atoms with Crippen LogP contribution >= 0.6 is 0 Å². The van der Waals surface area contributed by atoms with E-state index in [9.17, 15) is 13.6 Å². The van der Waals surface area contributed by atoms with Gasteiger partial charge in [0.25, 0.3) is 5.91 Å². The normalized spacial score (nSPS) is 10.3. The highest BCUT2D eigenvalue weighted by Gasteiger charge is 2.13. The summed E-state index contributed by atoms with van der Waals surface area (Å²) in [4.78, 5) is 11.9. The number of rotatable bonds is 3. The lowest BCUT2D eigenvalue weighted by Crippen LogP contribution is -2.13. The third-order valence-corrected chi connectivity index (χ3v) is 2.96. The molecule has 0 saturated heterocycles. The molecule has 3 nitrogen and oxygen atoms in total. The lowest BCUT2D eigenvalue weighted by atomic mass is 10.1. The van der Waals surface area contributed by atoms with Crippen LogP contribution in [-0.2, 0) is 6.42 Å². The van der Waals surface area contributed by atoms with E-state index in [4.69, 9.17) is 5.73 Å². The van der Waals surface area contributed by atoms with E-state index in [2.05, 4.69) is 5.32 Å². The zero-order valence-electron chi connectivity index (χ0n) is 10.9. The number of hydrogen-bond acceptors (Lipinski definition) is 2. The fraction of sp³-hybridized carbons (Fsp3) is 0.133. The van der Waals surface area contributed by atoms with Crippen molar-refractivity contribution in [2.75, 3.05) is 11.1 Å². The first-order valence-electron chi connectivity index (χ1n) is 6.16. The van der Waals surface area contributed by atoms with Gasteiger partial charge in [0.15, 0.2) is 0 Å². The van der Waals surface area contributed by atoms with E-state index in [1.807, 2.05) is 19.1 Å². The molecule has 0 aliphatic carbocycles. The van der Waals surface area contributed by atoms with E-state index in [0.717, 1.165) is 24.1 Å². The molecule has 0 aromatic heterocycles. The number of anilines is 2. The van der Waals surface area contributed by atoms with Crippen molar-refractivity contribution in [1.29, 1.82) is 0 Å². The number of aryl methyl sites for hydroxylation is 1. The van der Waals surface area contributed by atoms with Crippen molar-refractivity contribution in [3.05, 3.63) is 59.2 Å². The minimum Gasteiger partial charge on any atom is -0.394 e. The minimum atomic E-state index is -0.948. The summed E-state index contributed by atoms with van der Waals surface area (Å²) in [6.07, 6.45) is 0.891. The minimum absolute atomic E-state index is 0.117. The lowest BCUT2D eigenvalue weighted by molar-refractivity contribution is 0.102. The molecule has 0 bridgehead atoms. The van der Waals surface area contributed by atoms with Gasteiger partial charge >= 0.3 is 0 Å². The Morgan fingerprint density at radius 3 is 2.20 bits per heavy atom.